The molecule has 0 aliphatic carbocycles. The lowest BCUT2D eigenvalue weighted by molar-refractivity contribution is 0.613. The molecule has 0 radical (unpaired) electrons. The molecule has 0 fully saturated rings. The molecule has 96 valence electrons. The fraction of sp³-hybridized carbons (Fsp3) is 0.333. The van der Waals surface area contributed by atoms with E-state index in [4.69, 9.17) is 11.6 Å². The summed E-state index contributed by atoms with van der Waals surface area (Å²) in [5.41, 5.74) is 1.56. The molecule has 1 aromatic heterocycles. The van der Waals surface area contributed by atoms with Gasteiger partial charge >= 0.3 is 0 Å². The summed E-state index contributed by atoms with van der Waals surface area (Å²) in [7, 11) is 0. The number of hydrogen-bond donors (Lipinski definition) is 0. The normalized spacial score (nSPS) is 12.7. The molecule has 1 atom stereocenters. The fourth-order valence-corrected chi connectivity index (χ4v) is 2.05. The predicted octanol–water partition coefficient (Wildman–Crippen LogP) is 3.92. The topological polar surface area (TPSA) is 30.7 Å². The van der Waals surface area contributed by atoms with Gasteiger partial charge in [0.05, 0.1) is 18.1 Å². The van der Waals surface area contributed by atoms with E-state index in [-0.39, 0.29) is 11.2 Å². The minimum Gasteiger partial charge on any atom is -0.248 e. The van der Waals surface area contributed by atoms with Gasteiger partial charge in [-0.3, -0.25) is 0 Å². The van der Waals surface area contributed by atoms with Crippen LogP contribution in [-0.2, 0) is 6.54 Å². The molecule has 6 heteroatoms. The van der Waals surface area contributed by atoms with E-state index >= 15 is 0 Å². The fourth-order valence-electron chi connectivity index (χ4n) is 1.58. The maximum atomic E-state index is 13.2. The summed E-state index contributed by atoms with van der Waals surface area (Å²) in [6.07, 6.45) is 2.59. The van der Waals surface area contributed by atoms with Gasteiger partial charge in [0.1, 0.15) is 11.5 Å². The van der Waals surface area contributed by atoms with Crippen LogP contribution in [0.3, 0.4) is 0 Å². The molecule has 1 heterocycles. The Morgan fingerprint density at radius 2 is 2.28 bits per heavy atom. The van der Waals surface area contributed by atoms with Crippen molar-refractivity contribution >= 4 is 27.5 Å². The van der Waals surface area contributed by atoms with E-state index in [1.54, 1.807) is 16.9 Å². The van der Waals surface area contributed by atoms with Gasteiger partial charge in [0.15, 0.2) is 0 Å². The molecule has 0 amide bonds. The second-order valence-electron chi connectivity index (χ2n) is 3.95. The molecular formula is C12H12BrClFN3. The SMILES string of the molecule is CCC(Cl)c1cn(Cc2cc(F)ccc2Br)nn1. The van der Waals surface area contributed by atoms with Crippen LogP contribution in [-0.4, -0.2) is 15.0 Å². The summed E-state index contributed by atoms with van der Waals surface area (Å²) in [4.78, 5) is 0. The van der Waals surface area contributed by atoms with E-state index in [0.717, 1.165) is 22.2 Å². The van der Waals surface area contributed by atoms with Gasteiger partial charge in [-0.1, -0.05) is 28.1 Å². The monoisotopic (exact) mass is 331 g/mol. The van der Waals surface area contributed by atoms with E-state index in [1.165, 1.54) is 12.1 Å². The van der Waals surface area contributed by atoms with Crippen LogP contribution in [0.1, 0.15) is 30.0 Å². The van der Waals surface area contributed by atoms with Crippen molar-refractivity contribution in [3.05, 3.63) is 45.9 Å². The number of benzene rings is 1. The van der Waals surface area contributed by atoms with Gasteiger partial charge in [-0.15, -0.1) is 16.7 Å². The number of rotatable bonds is 4. The Hall–Kier alpha value is -0.940. The first-order valence-electron chi connectivity index (χ1n) is 5.58. The first kappa shape index (κ1) is 13.5. The van der Waals surface area contributed by atoms with Crippen molar-refractivity contribution in [3.8, 4) is 0 Å². The van der Waals surface area contributed by atoms with Gasteiger partial charge in [0.25, 0.3) is 0 Å². The summed E-state index contributed by atoms with van der Waals surface area (Å²) in [6.45, 7) is 2.44. The van der Waals surface area contributed by atoms with Gasteiger partial charge in [0.2, 0.25) is 0 Å². The Morgan fingerprint density at radius 3 is 3.00 bits per heavy atom. The maximum absolute atomic E-state index is 13.2. The average Bonchev–Trinajstić information content (AvgIpc) is 2.81. The predicted molar refractivity (Wildman–Crippen MR) is 72.1 cm³/mol. The Balaban J connectivity index is 2.18. The van der Waals surface area contributed by atoms with Gasteiger partial charge in [0, 0.05) is 4.47 Å². The molecule has 0 aliphatic rings. The lowest BCUT2D eigenvalue weighted by atomic mass is 10.2. The van der Waals surface area contributed by atoms with E-state index in [0.29, 0.717) is 6.54 Å². The van der Waals surface area contributed by atoms with Crippen molar-refractivity contribution in [1.82, 2.24) is 15.0 Å². The number of hydrogen-bond acceptors (Lipinski definition) is 2. The van der Waals surface area contributed by atoms with Crippen LogP contribution in [0.5, 0.6) is 0 Å². The number of aromatic nitrogens is 3. The molecule has 1 unspecified atom stereocenters. The van der Waals surface area contributed by atoms with Gasteiger partial charge in [-0.05, 0) is 30.2 Å². The highest BCUT2D eigenvalue weighted by Gasteiger charge is 2.11. The Morgan fingerprint density at radius 1 is 1.50 bits per heavy atom. The van der Waals surface area contributed by atoms with Gasteiger partial charge in [-0.2, -0.15) is 0 Å². The van der Waals surface area contributed by atoms with E-state index < -0.39 is 0 Å². The second kappa shape index (κ2) is 5.80. The first-order valence-corrected chi connectivity index (χ1v) is 6.81. The Kier molecular flexibility index (Phi) is 4.35. The molecule has 0 bridgehead atoms. The minimum absolute atomic E-state index is 0.130. The van der Waals surface area contributed by atoms with Gasteiger partial charge < -0.3 is 0 Å². The molecule has 0 saturated heterocycles. The largest absolute Gasteiger partial charge is 0.248 e. The Bertz CT molecular complexity index is 544. The van der Waals surface area contributed by atoms with Crippen molar-refractivity contribution in [2.24, 2.45) is 0 Å². The van der Waals surface area contributed by atoms with Crippen LogP contribution >= 0.6 is 27.5 Å². The third kappa shape index (κ3) is 3.09. The van der Waals surface area contributed by atoms with Crippen molar-refractivity contribution in [2.45, 2.75) is 25.3 Å². The molecule has 0 aliphatic heterocycles. The summed E-state index contributed by atoms with van der Waals surface area (Å²) < 4.78 is 15.6. The zero-order chi connectivity index (χ0) is 13.1. The smallest absolute Gasteiger partial charge is 0.123 e. The standard InChI is InChI=1S/C12H12BrClFN3/c1-2-11(14)12-7-18(17-16-12)6-8-5-9(15)3-4-10(8)13/h3-5,7,11H,2,6H2,1H3. The van der Waals surface area contributed by atoms with Crippen LogP contribution in [0.2, 0.25) is 0 Å². The molecule has 3 nitrogen and oxygen atoms in total. The van der Waals surface area contributed by atoms with Crippen molar-refractivity contribution in [2.75, 3.05) is 0 Å². The van der Waals surface area contributed by atoms with Crippen molar-refractivity contribution in [1.29, 1.82) is 0 Å². The van der Waals surface area contributed by atoms with E-state index in [9.17, 15) is 4.39 Å². The van der Waals surface area contributed by atoms with Gasteiger partial charge in [-0.25, -0.2) is 9.07 Å². The van der Waals surface area contributed by atoms with Crippen LogP contribution < -0.4 is 0 Å². The Labute approximate surface area is 118 Å². The summed E-state index contributed by atoms with van der Waals surface area (Å²) in [6, 6.07) is 4.56. The van der Waals surface area contributed by atoms with Crippen molar-refractivity contribution in [3.63, 3.8) is 0 Å². The first-order chi connectivity index (χ1) is 8.60. The lowest BCUT2D eigenvalue weighted by Gasteiger charge is -2.04. The number of alkyl halides is 1. The van der Waals surface area contributed by atoms with Crippen LogP contribution in [0, 0.1) is 5.82 Å². The van der Waals surface area contributed by atoms with E-state index in [2.05, 4.69) is 26.2 Å². The molecule has 18 heavy (non-hydrogen) atoms. The molecule has 0 N–H and O–H groups in total. The summed E-state index contributed by atoms with van der Waals surface area (Å²) in [5, 5.41) is 7.87. The molecule has 2 aromatic rings. The number of halogens is 3. The zero-order valence-corrected chi connectivity index (χ0v) is 12.1. The lowest BCUT2D eigenvalue weighted by Crippen LogP contribution is -2.01. The molecule has 1 aromatic carbocycles. The molecule has 0 saturated carbocycles. The third-order valence-corrected chi connectivity index (χ3v) is 3.88. The summed E-state index contributed by atoms with van der Waals surface area (Å²) >= 11 is 9.46. The molecule has 2 rings (SSSR count). The highest BCUT2D eigenvalue weighted by Crippen LogP contribution is 2.22. The zero-order valence-electron chi connectivity index (χ0n) is 9.78. The van der Waals surface area contributed by atoms with Crippen LogP contribution in [0.15, 0.2) is 28.9 Å². The third-order valence-electron chi connectivity index (χ3n) is 2.58. The summed E-state index contributed by atoms with van der Waals surface area (Å²) in [5.74, 6) is -0.266. The molecular weight excluding hydrogens is 321 g/mol. The van der Waals surface area contributed by atoms with Crippen LogP contribution in [0.4, 0.5) is 4.39 Å². The molecule has 0 spiro atoms. The van der Waals surface area contributed by atoms with Crippen LogP contribution in [0.25, 0.3) is 0 Å². The van der Waals surface area contributed by atoms with Crippen molar-refractivity contribution < 1.29 is 4.39 Å². The minimum atomic E-state index is -0.266. The number of nitrogens with zero attached hydrogens (tertiary/aromatic N) is 3. The average molecular weight is 333 g/mol. The second-order valence-corrected chi connectivity index (χ2v) is 5.33. The quantitative estimate of drug-likeness (QED) is 0.795. The van der Waals surface area contributed by atoms with E-state index in [1.807, 2.05) is 6.92 Å². The highest BCUT2D eigenvalue weighted by atomic mass is 79.9. The maximum Gasteiger partial charge on any atom is 0.123 e. The highest BCUT2D eigenvalue weighted by molar-refractivity contribution is 9.10.